The highest BCUT2D eigenvalue weighted by Gasteiger charge is 2.35. The van der Waals surface area contributed by atoms with E-state index in [4.69, 9.17) is 23.6 Å². The molecule has 3 aromatic carbocycles. The van der Waals surface area contributed by atoms with E-state index >= 15 is 0 Å². The van der Waals surface area contributed by atoms with E-state index in [0.29, 0.717) is 43.4 Å². The summed E-state index contributed by atoms with van der Waals surface area (Å²) in [6, 6.07) is 24.8. The molecule has 1 aliphatic heterocycles. The van der Waals surface area contributed by atoms with Crippen LogP contribution in [0.2, 0.25) is 0 Å². The van der Waals surface area contributed by atoms with E-state index in [1.54, 1.807) is 41.8 Å². The highest BCUT2D eigenvalue weighted by Crippen LogP contribution is 2.36. The van der Waals surface area contributed by atoms with Crippen molar-refractivity contribution in [3.8, 4) is 17.1 Å². The topological polar surface area (TPSA) is 109 Å². The van der Waals surface area contributed by atoms with Gasteiger partial charge in [-0.1, -0.05) is 59.9 Å². The molecular formula is C38H34N2O7S. The number of ether oxygens (including phenoxy) is 3. The maximum absolute atomic E-state index is 14.2. The van der Waals surface area contributed by atoms with E-state index in [1.807, 2.05) is 81.4 Å². The average molecular weight is 663 g/mol. The highest BCUT2D eigenvalue weighted by molar-refractivity contribution is 7.07. The zero-order valence-electron chi connectivity index (χ0n) is 27.2. The number of carbonyl (C=O) groups is 2. The fourth-order valence-corrected chi connectivity index (χ4v) is 6.63. The number of rotatable bonds is 9. The van der Waals surface area contributed by atoms with Crippen LogP contribution in [0.5, 0.6) is 5.75 Å². The molecule has 0 radical (unpaired) electrons. The Bertz CT molecular complexity index is 2210. The number of benzene rings is 3. The van der Waals surface area contributed by atoms with Crippen LogP contribution in [0.15, 0.2) is 105 Å². The fourth-order valence-electron chi connectivity index (χ4n) is 5.65. The van der Waals surface area contributed by atoms with Crippen LogP contribution >= 0.6 is 11.3 Å². The molecule has 244 valence electrons. The average Bonchev–Trinajstić information content (AvgIpc) is 3.67. The number of thiazole rings is 1. The number of nitrogens with zero attached hydrogens (tertiary/aromatic N) is 2. The van der Waals surface area contributed by atoms with Crippen LogP contribution in [0.1, 0.15) is 59.6 Å². The molecule has 0 saturated heterocycles. The molecule has 0 N–H and O–H groups in total. The van der Waals surface area contributed by atoms with Gasteiger partial charge in [-0.2, -0.15) is 0 Å². The monoisotopic (exact) mass is 662 g/mol. The zero-order chi connectivity index (χ0) is 33.9. The Morgan fingerprint density at radius 3 is 2.42 bits per heavy atom. The van der Waals surface area contributed by atoms with Gasteiger partial charge in [0, 0.05) is 17.2 Å². The maximum Gasteiger partial charge on any atom is 0.338 e. The lowest BCUT2D eigenvalue weighted by atomic mass is 9.93. The van der Waals surface area contributed by atoms with Gasteiger partial charge in [0.15, 0.2) is 4.80 Å². The number of fused-ring (bicyclic) bond motifs is 1. The normalized spacial score (nSPS) is 14.5. The van der Waals surface area contributed by atoms with Crippen molar-refractivity contribution in [2.24, 2.45) is 4.99 Å². The molecular weight excluding hydrogens is 628 g/mol. The van der Waals surface area contributed by atoms with Gasteiger partial charge >= 0.3 is 11.9 Å². The summed E-state index contributed by atoms with van der Waals surface area (Å²) in [4.78, 5) is 45.3. The Morgan fingerprint density at radius 2 is 1.75 bits per heavy atom. The Hall–Kier alpha value is -5.48. The number of furan rings is 1. The summed E-state index contributed by atoms with van der Waals surface area (Å²) in [5.74, 6) is 0.757. The van der Waals surface area contributed by atoms with E-state index in [-0.39, 0.29) is 23.8 Å². The van der Waals surface area contributed by atoms with E-state index < -0.39 is 18.0 Å². The van der Waals surface area contributed by atoms with Gasteiger partial charge in [-0.3, -0.25) is 9.36 Å². The van der Waals surface area contributed by atoms with E-state index in [0.717, 1.165) is 16.7 Å². The van der Waals surface area contributed by atoms with Crippen LogP contribution in [-0.2, 0) is 14.3 Å². The number of aryl methyl sites for hydroxylation is 1. The zero-order valence-corrected chi connectivity index (χ0v) is 28.0. The van der Waals surface area contributed by atoms with Gasteiger partial charge in [-0.15, -0.1) is 0 Å². The summed E-state index contributed by atoms with van der Waals surface area (Å²) >= 11 is 1.21. The molecule has 0 aliphatic carbocycles. The minimum atomic E-state index is -0.811. The first-order valence-electron chi connectivity index (χ1n) is 15.5. The lowest BCUT2D eigenvalue weighted by Gasteiger charge is -2.26. The first-order chi connectivity index (χ1) is 23.2. The maximum atomic E-state index is 14.2. The predicted octanol–water partition coefficient (Wildman–Crippen LogP) is 6.08. The molecule has 2 aromatic heterocycles. The van der Waals surface area contributed by atoms with Gasteiger partial charge < -0.3 is 18.6 Å². The molecule has 0 bridgehead atoms. The van der Waals surface area contributed by atoms with Crippen molar-refractivity contribution in [3.05, 3.63) is 138 Å². The third-order valence-corrected chi connectivity index (χ3v) is 8.74. The van der Waals surface area contributed by atoms with Crippen LogP contribution in [0.4, 0.5) is 0 Å². The van der Waals surface area contributed by atoms with Crippen molar-refractivity contribution in [2.45, 2.75) is 39.8 Å². The number of hydrogen-bond acceptors (Lipinski definition) is 9. The van der Waals surface area contributed by atoms with Gasteiger partial charge in [-0.25, -0.2) is 14.6 Å². The van der Waals surface area contributed by atoms with Crippen LogP contribution in [0.3, 0.4) is 0 Å². The molecule has 1 atom stereocenters. The third-order valence-electron chi connectivity index (χ3n) is 7.75. The number of hydrogen-bond donors (Lipinski definition) is 0. The second-order valence-corrected chi connectivity index (χ2v) is 12.4. The van der Waals surface area contributed by atoms with Crippen molar-refractivity contribution in [1.82, 2.24) is 4.57 Å². The van der Waals surface area contributed by atoms with Gasteiger partial charge in [0.1, 0.15) is 17.3 Å². The molecule has 3 heterocycles. The Balaban J connectivity index is 1.50. The summed E-state index contributed by atoms with van der Waals surface area (Å²) in [5.41, 5.74) is 3.91. The second-order valence-electron chi connectivity index (χ2n) is 11.4. The van der Waals surface area contributed by atoms with Crippen LogP contribution in [0, 0.1) is 6.92 Å². The van der Waals surface area contributed by atoms with Crippen LogP contribution in [-0.4, -0.2) is 36.3 Å². The van der Waals surface area contributed by atoms with Crippen LogP contribution in [0.25, 0.3) is 23.1 Å². The summed E-state index contributed by atoms with van der Waals surface area (Å²) in [5, 5.41) is 0. The number of methoxy groups -OCH3 is 1. The van der Waals surface area contributed by atoms with E-state index in [1.165, 1.54) is 18.4 Å². The Morgan fingerprint density at radius 1 is 1.00 bits per heavy atom. The minimum Gasteiger partial charge on any atom is -0.491 e. The number of aromatic nitrogens is 1. The number of esters is 2. The third kappa shape index (κ3) is 6.39. The van der Waals surface area contributed by atoms with Crippen molar-refractivity contribution < 1.29 is 28.2 Å². The molecule has 0 fully saturated rings. The van der Waals surface area contributed by atoms with E-state index in [9.17, 15) is 14.4 Å². The minimum absolute atomic E-state index is 0.0153. The molecule has 6 rings (SSSR count). The molecule has 5 aromatic rings. The molecule has 10 heteroatoms. The lowest BCUT2D eigenvalue weighted by Crippen LogP contribution is -2.40. The predicted molar refractivity (Wildman–Crippen MR) is 183 cm³/mol. The summed E-state index contributed by atoms with van der Waals surface area (Å²) in [7, 11) is 1.34. The van der Waals surface area contributed by atoms with Crippen molar-refractivity contribution >= 4 is 35.0 Å². The number of carbonyl (C=O) groups excluding carboxylic acids is 2. The first kappa shape index (κ1) is 32.5. The smallest absolute Gasteiger partial charge is 0.338 e. The lowest BCUT2D eigenvalue weighted by molar-refractivity contribution is -0.138. The quantitative estimate of drug-likeness (QED) is 0.176. The second kappa shape index (κ2) is 13.7. The van der Waals surface area contributed by atoms with E-state index in [2.05, 4.69) is 0 Å². The molecule has 0 amide bonds. The molecule has 48 heavy (non-hydrogen) atoms. The fraction of sp³-hybridized carbons (Fsp3) is 0.211. The largest absolute Gasteiger partial charge is 0.491 e. The van der Waals surface area contributed by atoms with Crippen molar-refractivity contribution in [2.75, 3.05) is 13.7 Å². The first-order valence-corrected chi connectivity index (χ1v) is 16.3. The van der Waals surface area contributed by atoms with Gasteiger partial charge in [0.2, 0.25) is 0 Å². The summed E-state index contributed by atoms with van der Waals surface area (Å²) < 4.78 is 24.3. The summed E-state index contributed by atoms with van der Waals surface area (Å²) in [6.07, 6.45) is 1.66. The molecule has 0 saturated carbocycles. The van der Waals surface area contributed by atoms with Crippen LogP contribution < -0.4 is 19.6 Å². The van der Waals surface area contributed by atoms with Crippen molar-refractivity contribution in [1.29, 1.82) is 0 Å². The van der Waals surface area contributed by atoms with Crippen molar-refractivity contribution in [3.63, 3.8) is 0 Å². The molecule has 1 aliphatic rings. The van der Waals surface area contributed by atoms with Gasteiger partial charge in [-0.05, 0) is 75.2 Å². The molecule has 9 nitrogen and oxygen atoms in total. The SMILES string of the molecule is CCOC(=O)C1=C(c2ccccc2)N=c2s/c(=C\c3ccc(-c4ccc(C(=O)OC)cc4C)o3)c(=O)n2[C@@H]1c1ccc(OC(C)C)cc1. The Kier molecular flexibility index (Phi) is 9.27. The standard InChI is InChI=1S/C38H34N2O7S/c1-6-45-37(43)32-33(24-10-8-7-9-11-24)39-38-40(34(32)25-12-15-27(16-13-25)46-22(2)3)35(41)31(48-38)21-28-17-19-30(47-28)29-18-14-26(20-23(29)4)36(42)44-5/h7-22,34H,6H2,1-5H3/b31-21-/t34-/m1/s1. The Labute approximate surface area is 281 Å². The molecule has 0 spiro atoms. The highest BCUT2D eigenvalue weighted by atomic mass is 32.1. The molecule has 0 unspecified atom stereocenters. The summed E-state index contributed by atoms with van der Waals surface area (Å²) in [6.45, 7) is 7.69. The van der Waals surface area contributed by atoms with Gasteiger partial charge in [0.25, 0.3) is 5.56 Å². The van der Waals surface area contributed by atoms with Gasteiger partial charge in [0.05, 0.1) is 47.2 Å².